The minimum atomic E-state index is 0.417. The van der Waals surface area contributed by atoms with Gasteiger partial charge in [-0.15, -0.1) is 0 Å². The molecular weight excluding hydrogens is 330 g/mol. The van der Waals surface area contributed by atoms with Crippen LogP contribution in [0.3, 0.4) is 0 Å². The maximum Gasteiger partial charge on any atom is 0.0738 e. The average Bonchev–Trinajstić information content (AvgIpc) is 2.76. The van der Waals surface area contributed by atoms with Gasteiger partial charge in [-0.2, -0.15) is 5.10 Å². The first-order chi connectivity index (χ1) is 10.2. The first-order valence-corrected chi connectivity index (χ1v) is 9.01. The molecule has 1 aliphatic rings. The smallest absolute Gasteiger partial charge is 0.0738 e. The van der Waals surface area contributed by atoms with Crippen molar-refractivity contribution in [1.82, 2.24) is 15.1 Å². The Hall–Kier alpha value is -0.390. The number of hydrogen-bond acceptors (Lipinski definition) is 3. The molecule has 0 aliphatic carbocycles. The van der Waals surface area contributed by atoms with E-state index in [4.69, 9.17) is 4.74 Å². The lowest BCUT2D eigenvalue weighted by molar-refractivity contribution is 0.00523. The van der Waals surface area contributed by atoms with Crippen LogP contribution in [0.15, 0.2) is 4.47 Å². The summed E-state index contributed by atoms with van der Waals surface area (Å²) in [5, 5.41) is 8.22. The van der Waals surface area contributed by atoms with E-state index in [9.17, 15) is 0 Å². The summed E-state index contributed by atoms with van der Waals surface area (Å²) in [6.45, 7) is 9.22. The molecule has 21 heavy (non-hydrogen) atoms. The van der Waals surface area contributed by atoms with Crippen LogP contribution in [0.5, 0.6) is 0 Å². The molecule has 1 fully saturated rings. The highest BCUT2D eigenvalue weighted by molar-refractivity contribution is 9.10. The molecule has 2 rings (SSSR count). The summed E-state index contributed by atoms with van der Waals surface area (Å²) in [7, 11) is 0. The molecule has 120 valence electrons. The molecule has 0 radical (unpaired) electrons. The highest BCUT2D eigenvalue weighted by atomic mass is 79.9. The molecule has 0 aromatic carbocycles. The number of nitrogens with one attached hydrogen (secondary N) is 1. The fourth-order valence-electron chi connectivity index (χ4n) is 3.14. The van der Waals surface area contributed by atoms with Crippen LogP contribution in [0.1, 0.15) is 50.9 Å². The lowest BCUT2D eigenvalue weighted by Crippen LogP contribution is -2.37. The topological polar surface area (TPSA) is 39.1 Å². The molecule has 0 amide bonds. The largest absolute Gasteiger partial charge is 0.378 e. The minimum Gasteiger partial charge on any atom is -0.378 e. The molecule has 4 nitrogen and oxygen atoms in total. The van der Waals surface area contributed by atoms with Gasteiger partial charge in [-0.1, -0.05) is 6.92 Å². The summed E-state index contributed by atoms with van der Waals surface area (Å²) in [6, 6.07) is 0.454. The number of halogens is 1. The number of likely N-dealkylation sites (N-methyl/N-ethyl adjacent to an activating group) is 1. The van der Waals surface area contributed by atoms with Gasteiger partial charge in [0.1, 0.15) is 0 Å². The van der Waals surface area contributed by atoms with Crippen LogP contribution in [0, 0.1) is 6.92 Å². The van der Waals surface area contributed by atoms with Crippen molar-refractivity contribution in [3.8, 4) is 0 Å². The van der Waals surface area contributed by atoms with Crippen LogP contribution in [-0.4, -0.2) is 35.1 Å². The van der Waals surface area contributed by atoms with Gasteiger partial charge in [0.15, 0.2) is 0 Å². The molecule has 1 saturated heterocycles. The van der Waals surface area contributed by atoms with Crippen LogP contribution < -0.4 is 5.32 Å². The molecule has 2 unspecified atom stereocenters. The Balaban J connectivity index is 2.04. The number of aromatic nitrogens is 2. The quantitative estimate of drug-likeness (QED) is 0.811. The van der Waals surface area contributed by atoms with Crippen LogP contribution in [0.2, 0.25) is 0 Å². The lowest BCUT2D eigenvalue weighted by atomic mass is 9.98. The third kappa shape index (κ3) is 4.54. The Bertz CT molecular complexity index is 441. The number of hydrogen-bond donors (Lipinski definition) is 1. The van der Waals surface area contributed by atoms with Gasteiger partial charge in [-0.3, -0.25) is 4.68 Å². The molecule has 5 heteroatoms. The fourth-order valence-corrected chi connectivity index (χ4v) is 3.58. The predicted octanol–water partition coefficient (Wildman–Crippen LogP) is 3.45. The third-order valence-electron chi connectivity index (χ3n) is 4.21. The standard InChI is InChI=1S/C16H28BrN3O/c1-4-18-13(10-14-8-6-7-9-21-14)11-15-16(17)12(3)19-20(15)5-2/h13-14,18H,4-11H2,1-3H3. The Labute approximate surface area is 136 Å². The van der Waals surface area contributed by atoms with Gasteiger partial charge in [-0.25, -0.2) is 0 Å². The molecule has 0 spiro atoms. The Morgan fingerprint density at radius 2 is 2.24 bits per heavy atom. The first kappa shape index (κ1) is 17.0. The van der Waals surface area contributed by atoms with Crippen molar-refractivity contribution >= 4 is 15.9 Å². The van der Waals surface area contributed by atoms with Crippen LogP contribution >= 0.6 is 15.9 Å². The zero-order chi connectivity index (χ0) is 15.2. The summed E-state index contributed by atoms with van der Waals surface area (Å²) < 4.78 is 9.19. The zero-order valence-corrected chi connectivity index (χ0v) is 15.1. The number of aryl methyl sites for hydroxylation is 2. The highest BCUT2D eigenvalue weighted by Crippen LogP contribution is 2.24. The Kier molecular flexibility index (Phi) is 6.71. The second-order valence-corrected chi connectivity index (χ2v) is 6.64. The van der Waals surface area contributed by atoms with Crippen molar-refractivity contribution in [2.24, 2.45) is 0 Å². The van der Waals surface area contributed by atoms with Gasteiger partial charge in [0, 0.05) is 25.6 Å². The second-order valence-electron chi connectivity index (χ2n) is 5.84. The van der Waals surface area contributed by atoms with E-state index >= 15 is 0 Å². The molecule has 2 atom stereocenters. The van der Waals surface area contributed by atoms with Gasteiger partial charge in [0.05, 0.1) is 22.0 Å². The zero-order valence-electron chi connectivity index (χ0n) is 13.5. The van der Waals surface area contributed by atoms with Crippen LogP contribution in [0.25, 0.3) is 0 Å². The second kappa shape index (κ2) is 8.30. The number of ether oxygens (including phenoxy) is 1. The van der Waals surface area contributed by atoms with Crippen molar-refractivity contribution in [2.45, 2.75) is 71.6 Å². The van der Waals surface area contributed by atoms with E-state index in [1.54, 1.807) is 0 Å². The van der Waals surface area contributed by atoms with Crippen molar-refractivity contribution in [3.63, 3.8) is 0 Å². The normalized spacial score (nSPS) is 20.7. The van der Waals surface area contributed by atoms with Crippen LogP contribution in [-0.2, 0) is 17.7 Å². The predicted molar refractivity (Wildman–Crippen MR) is 89.7 cm³/mol. The molecule has 0 bridgehead atoms. The van der Waals surface area contributed by atoms with Gasteiger partial charge in [0.25, 0.3) is 0 Å². The van der Waals surface area contributed by atoms with Gasteiger partial charge in [-0.05, 0) is 62.0 Å². The third-order valence-corrected chi connectivity index (χ3v) is 5.24. The molecule has 2 heterocycles. The van der Waals surface area contributed by atoms with E-state index in [1.165, 1.54) is 25.0 Å². The first-order valence-electron chi connectivity index (χ1n) is 8.22. The van der Waals surface area contributed by atoms with Gasteiger partial charge in [0.2, 0.25) is 0 Å². The number of rotatable bonds is 7. The highest BCUT2D eigenvalue weighted by Gasteiger charge is 2.22. The molecule has 1 aliphatic heterocycles. The molecule has 1 aromatic heterocycles. The fraction of sp³-hybridized carbons (Fsp3) is 0.812. The molecule has 1 N–H and O–H groups in total. The van der Waals surface area contributed by atoms with E-state index in [0.29, 0.717) is 12.1 Å². The summed E-state index contributed by atoms with van der Waals surface area (Å²) >= 11 is 3.70. The maximum atomic E-state index is 5.91. The minimum absolute atomic E-state index is 0.417. The van der Waals surface area contributed by atoms with E-state index in [1.807, 2.05) is 0 Å². The lowest BCUT2D eigenvalue weighted by Gasteiger charge is -2.27. The molecule has 0 saturated carbocycles. The van der Waals surface area contributed by atoms with E-state index in [-0.39, 0.29) is 0 Å². The Morgan fingerprint density at radius 3 is 2.86 bits per heavy atom. The molecular formula is C16H28BrN3O. The SMILES string of the molecule is CCNC(Cc1c(Br)c(C)nn1CC)CC1CCCCO1. The number of nitrogens with zero attached hydrogens (tertiary/aromatic N) is 2. The van der Waals surface area contributed by atoms with E-state index < -0.39 is 0 Å². The summed E-state index contributed by atoms with van der Waals surface area (Å²) in [5.41, 5.74) is 2.38. The van der Waals surface area contributed by atoms with E-state index in [0.717, 1.165) is 42.7 Å². The van der Waals surface area contributed by atoms with Gasteiger partial charge >= 0.3 is 0 Å². The van der Waals surface area contributed by atoms with Crippen LogP contribution in [0.4, 0.5) is 0 Å². The summed E-state index contributed by atoms with van der Waals surface area (Å²) in [4.78, 5) is 0. The van der Waals surface area contributed by atoms with E-state index in [2.05, 4.69) is 51.8 Å². The maximum absolute atomic E-state index is 5.91. The van der Waals surface area contributed by atoms with Crippen molar-refractivity contribution in [2.75, 3.05) is 13.2 Å². The monoisotopic (exact) mass is 357 g/mol. The van der Waals surface area contributed by atoms with Gasteiger partial charge < -0.3 is 10.1 Å². The van der Waals surface area contributed by atoms with Crippen molar-refractivity contribution in [1.29, 1.82) is 0 Å². The molecule has 1 aromatic rings. The average molecular weight is 358 g/mol. The Morgan fingerprint density at radius 1 is 1.43 bits per heavy atom. The van der Waals surface area contributed by atoms with Crippen molar-refractivity contribution < 1.29 is 4.74 Å². The van der Waals surface area contributed by atoms with Crippen molar-refractivity contribution in [3.05, 3.63) is 15.9 Å². The summed E-state index contributed by atoms with van der Waals surface area (Å²) in [5.74, 6) is 0. The summed E-state index contributed by atoms with van der Waals surface area (Å²) in [6.07, 6.45) is 6.24.